The van der Waals surface area contributed by atoms with Crippen molar-refractivity contribution in [3.05, 3.63) is 11.3 Å². The summed E-state index contributed by atoms with van der Waals surface area (Å²) in [5.41, 5.74) is -1.14. The van der Waals surface area contributed by atoms with Crippen molar-refractivity contribution in [1.82, 2.24) is 4.90 Å². The number of hydrogen-bond acceptors (Lipinski definition) is 14. The summed E-state index contributed by atoms with van der Waals surface area (Å²) in [5.74, 6) is -2.74. The molecule has 0 spiro atoms. The Morgan fingerprint density at radius 2 is 1.43 bits per heavy atom. The van der Waals surface area contributed by atoms with Crippen LogP contribution in [-0.2, 0) is 61.6 Å². The van der Waals surface area contributed by atoms with E-state index in [0.717, 1.165) is 20.8 Å². The van der Waals surface area contributed by atoms with Gasteiger partial charge >= 0.3 is 29.8 Å². The number of ether oxygens (including phenoxy) is 7. The molecule has 0 saturated carbocycles. The number of hydrogen-bond donors (Lipinski definition) is 0. The summed E-state index contributed by atoms with van der Waals surface area (Å²) in [4.78, 5) is 63.6. The second kappa shape index (κ2) is 13.1. The van der Waals surface area contributed by atoms with Gasteiger partial charge in [-0.05, 0) is 47.3 Å². The largest absolute Gasteiger partial charge is 0.547 e. The second-order valence-corrected chi connectivity index (χ2v) is 17.6. The molecule has 0 radical (unpaired) electrons. The fraction of sp³-hybridized carbons (Fsp3) is 0.759. The standard InChI is InChI=1S/C29H45NO13Si/c1-15-20(43-44(9,10)11)12-29(27(35)42-28(6,7)8)14-30(29)25(15)41-26-24(39-19(5)34)23(38-18(4)33)22(37-17(3)32)21(40-26)13-36-16(2)31/h21-26H,12-14H2,1-11H3/t21-,22-,23+,24-,25+,26+,29+,30?/m1/s1. The molecule has 248 valence electrons. The molecule has 15 heteroatoms. The quantitative estimate of drug-likeness (QED) is 0.148. The van der Waals surface area contributed by atoms with E-state index >= 15 is 0 Å². The lowest BCUT2D eigenvalue weighted by Gasteiger charge is -2.45. The number of esters is 5. The highest BCUT2D eigenvalue weighted by molar-refractivity contribution is 6.70. The summed E-state index contributed by atoms with van der Waals surface area (Å²) in [6, 6.07) is 0. The molecule has 0 amide bonds. The smallest absolute Gasteiger partial charge is 0.328 e. The molecule has 44 heavy (non-hydrogen) atoms. The minimum atomic E-state index is -2.16. The van der Waals surface area contributed by atoms with Crippen LogP contribution in [0.5, 0.6) is 0 Å². The molecule has 8 atom stereocenters. The number of carbonyl (C=O) groups is 5. The first-order chi connectivity index (χ1) is 20.1. The Morgan fingerprint density at radius 3 is 1.93 bits per heavy atom. The highest BCUT2D eigenvalue weighted by Crippen LogP contribution is 2.50. The van der Waals surface area contributed by atoms with Crippen LogP contribution in [0.2, 0.25) is 19.6 Å². The summed E-state index contributed by atoms with van der Waals surface area (Å²) >= 11 is 0. The van der Waals surface area contributed by atoms with Gasteiger partial charge in [0.25, 0.3) is 0 Å². The average Bonchev–Trinajstić information content (AvgIpc) is 3.56. The van der Waals surface area contributed by atoms with Crippen molar-refractivity contribution >= 4 is 38.2 Å². The van der Waals surface area contributed by atoms with E-state index in [9.17, 15) is 24.0 Å². The number of fused-ring (bicyclic) bond motifs is 1. The predicted molar refractivity (Wildman–Crippen MR) is 154 cm³/mol. The van der Waals surface area contributed by atoms with Crippen molar-refractivity contribution in [1.29, 1.82) is 0 Å². The second-order valence-electron chi connectivity index (χ2n) is 13.2. The van der Waals surface area contributed by atoms with Crippen LogP contribution >= 0.6 is 0 Å². The van der Waals surface area contributed by atoms with Crippen LogP contribution in [0.1, 0.15) is 61.8 Å². The van der Waals surface area contributed by atoms with E-state index in [0.29, 0.717) is 11.3 Å². The van der Waals surface area contributed by atoms with Crippen LogP contribution in [0, 0.1) is 0 Å². The van der Waals surface area contributed by atoms with Gasteiger partial charge in [0.15, 0.2) is 18.3 Å². The zero-order chi connectivity index (χ0) is 33.4. The normalized spacial score (nSPS) is 31.7. The van der Waals surface area contributed by atoms with Gasteiger partial charge in [-0.3, -0.25) is 24.1 Å². The summed E-state index contributed by atoms with van der Waals surface area (Å²) in [6.45, 7) is 17.7. The van der Waals surface area contributed by atoms with Crippen LogP contribution < -0.4 is 0 Å². The Hall–Kier alpha value is -3.01. The molecule has 0 bridgehead atoms. The van der Waals surface area contributed by atoms with Crippen molar-refractivity contribution in [2.75, 3.05) is 13.2 Å². The maximum absolute atomic E-state index is 13.5. The Morgan fingerprint density at radius 1 is 0.886 bits per heavy atom. The Kier molecular flexibility index (Phi) is 10.6. The highest BCUT2D eigenvalue weighted by atomic mass is 28.4. The molecule has 0 aromatic rings. The highest BCUT2D eigenvalue weighted by Gasteiger charge is 2.67. The average molecular weight is 644 g/mol. The van der Waals surface area contributed by atoms with Crippen LogP contribution in [0.4, 0.5) is 0 Å². The first kappa shape index (κ1) is 35.5. The lowest BCUT2D eigenvalue weighted by molar-refractivity contribution is -0.321. The van der Waals surface area contributed by atoms with Crippen molar-refractivity contribution in [2.24, 2.45) is 0 Å². The lowest BCUT2D eigenvalue weighted by Crippen LogP contribution is -2.63. The van der Waals surface area contributed by atoms with Gasteiger partial charge in [-0.1, -0.05) is 0 Å². The number of nitrogens with zero attached hydrogens (tertiary/aromatic N) is 1. The van der Waals surface area contributed by atoms with Crippen molar-refractivity contribution in [2.45, 2.75) is 130 Å². The molecule has 3 heterocycles. The van der Waals surface area contributed by atoms with Crippen molar-refractivity contribution in [3.8, 4) is 0 Å². The lowest BCUT2D eigenvalue weighted by atomic mass is 9.96. The van der Waals surface area contributed by atoms with E-state index in [1.165, 1.54) is 6.92 Å². The van der Waals surface area contributed by atoms with E-state index in [4.69, 9.17) is 37.6 Å². The summed E-state index contributed by atoms with van der Waals surface area (Å²) in [5, 5.41) is 0. The third-order valence-electron chi connectivity index (χ3n) is 6.84. The minimum Gasteiger partial charge on any atom is -0.547 e. The molecule has 3 aliphatic rings. The van der Waals surface area contributed by atoms with Gasteiger partial charge in [-0.15, -0.1) is 0 Å². The molecule has 2 fully saturated rings. The minimum absolute atomic E-state index is 0.274. The van der Waals surface area contributed by atoms with Gasteiger partial charge < -0.3 is 37.6 Å². The molecular formula is C29H45NO13Si. The first-order valence-corrected chi connectivity index (χ1v) is 17.9. The van der Waals surface area contributed by atoms with Gasteiger partial charge in [0.2, 0.25) is 14.6 Å². The molecule has 3 aliphatic heterocycles. The molecule has 2 saturated heterocycles. The fourth-order valence-electron chi connectivity index (χ4n) is 5.20. The molecule has 0 aromatic carbocycles. The topological polar surface area (TPSA) is 162 Å². The third kappa shape index (κ3) is 8.79. The monoisotopic (exact) mass is 643 g/mol. The van der Waals surface area contributed by atoms with Gasteiger partial charge in [0.1, 0.15) is 30.1 Å². The zero-order valence-electron chi connectivity index (χ0n) is 27.3. The van der Waals surface area contributed by atoms with E-state index in [-0.39, 0.29) is 13.0 Å². The molecular weight excluding hydrogens is 598 g/mol. The molecule has 0 aliphatic carbocycles. The van der Waals surface area contributed by atoms with Crippen LogP contribution in [-0.4, -0.2) is 104 Å². The summed E-state index contributed by atoms with van der Waals surface area (Å²) in [7, 11) is -2.16. The van der Waals surface area contributed by atoms with Gasteiger partial charge in [-0.25, -0.2) is 4.79 Å². The fourth-order valence-corrected chi connectivity index (χ4v) is 6.17. The Bertz CT molecular complexity index is 1190. The Labute approximate surface area is 258 Å². The molecule has 0 N–H and O–H groups in total. The van der Waals surface area contributed by atoms with E-state index < -0.39 is 92.8 Å². The van der Waals surface area contributed by atoms with E-state index in [1.54, 1.807) is 25.7 Å². The third-order valence-corrected chi connectivity index (χ3v) is 7.70. The van der Waals surface area contributed by atoms with Crippen LogP contribution in [0.25, 0.3) is 0 Å². The predicted octanol–water partition coefficient (Wildman–Crippen LogP) is 2.34. The number of rotatable bonds is 10. The number of carbonyl (C=O) groups excluding carboxylic acids is 5. The zero-order valence-corrected chi connectivity index (χ0v) is 28.3. The summed E-state index contributed by atoms with van der Waals surface area (Å²) < 4.78 is 46.5. The molecule has 3 rings (SSSR count). The first-order valence-electron chi connectivity index (χ1n) is 14.5. The SMILES string of the molecule is CC(=O)OC[C@H]1O[C@@H](O[C@H]2C(C)=C(O[Si](C)(C)C)C[C@@]3(C(=O)OC(C)(C)C)CN23)[C@H](OC(C)=O)[C@@H](OC(C)=O)[C@@H]1OC(C)=O. The van der Waals surface area contributed by atoms with Crippen molar-refractivity contribution in [3.63, 3.8) is 0 Å². The van der Waals surface area contributed by atoms with Gasteiger partial charge in [0.05, 0.1) is 5.76 Å². The maximum Gasteiger partial charge on any atom is 0.328 e. The van der Waals surface area contributed by atoms with E-state index in [1.807, 2.05) is 26.6 Å². The van der Waals surface area contributed by atoms with E-state index in [2.05, 4.69) is 0 Å². The summed E-state index contributed by atoms with van der Waals surface area (Å²) in [6.07, 6.45) is -7.38. The molecule has 0 aromatic heterocycles. The molecule has 14 nitrogen and oxygen atoms in total. The van der Waals surface area contributed by atoms with Gasteiger partial charge in [0, 0.05) is 46.2 Å². The van der Waals surface area contributed by atoms with Crippen LogP contribution in [0.3, 0.4) is 0 Å². The Balaban J connectivity index is 2.07. The molecule has 1 unspecified atom stereocenters. The maximum atomic E-state index is 13.5. The van der Waals surface area contributed by atoms with Gasteiger partial charge in [-0.2, -0.15) is 0 Å². The van der Waals surface area contributed by atoms with Crippen LogP contribution in [0.15, 0.2) is 11.3 Å². The van der Waals surface area contributed by atoms with Crippen molar-refractivity contribution < 1.29 is 61.6 Å².